The number of urea groups is 1. The van der Waals surface area contributed by atoms with Gasteiger partial charge >= 0.3 is 18.2 Å². The highest BCUT2D eigenvalue weighted by atomic mass is 19.4. The van der Waals surface area contributed by atoms with E-state index in [1.54, 1.807) is 0 Å². The molecule has 0 saturated carbocycles. The van der Waals surface area contributed by atoms with Crippen LogP contribution in [0.25, 0.3) is 0 Å². The normalized spacial score (nSPS) is 20.2. The van der Waals surface area contributed by atoms with E-state index < -0.39 is 23.6 Å². The third-order valence-electron chi connectivity index (χ3n) is 4.32. The molecule has 0 radical (unpaired) electrons. The molecule has 2 atom stereocenters. The maximum Gasteiger partial charge on any atom is 0.417 e. The Morgan fingerprint density at radius 3 is 2.63 bits per heavy atom. The highest BCUT2D eigenvalue weighted by Crippen LogP contribution is 2.28. The number of aromatic nitrogens is 1. The van der Waals surface area contributed by atoms with Gasteiger partial charge in [0.25, 0.3) is 0 Å². The average Bonchev–Trinajstić information content (AvgIpc) is 2.60. The zero-order chi connectivity index (χ0) is 20.0. The van der Waals surface area contributed by atoms with Crippen molar-refractivity contribution in [1.82, 2.24) is 15.2 Å². The van der Waals surface area contributed by atoms with Crippen LogP contribution in [0.5, 0.6) is 0 Å². The van der Waals surface area contributed by atoms with Gasteiger partial charge in [0.2, 0.25) is 0 Å². The van der Waals surface area contributed by atoms with Crippen LogP contribution in [0.15, 0.2) is 18.3 Å². The SMILES string of the molecule is CC1CC(C(=O)O)CN(C(=O)NCCCNc2ccc(C(F)(F)F)cn2)C1. The Morgan fingerprint density at radius 1 is 1.30 bits per heavy atom. The van der Waals surface area contributed by atoms with E-state index in [1.165, 1.54) is 11.0 Å². The molecule has 2 heterocycles. The van der Waals surface area contributed by atoms with Gasteiger partial charge in [0, 0.05) is 32.4 Å². The van der Waals surface area contributed by atoms with Gasteiger partial charge < -0.3 is 20.6 Å². The van der Waals surface area contributed by atoms with Gasteiger partial charge in [0.1, 0.15) is 5.82 Å². The monoisotopic (exact) mass is 388 g/mol. The highest BCUT2D eigenvalue weighted by molar-refractivity contribution is 5.76. The summed E-state index contributed by atoms with van der Waals surface area (Å²) in [6.07, 6.45) is -2.55. The summed E-state index contributed by atoms with van der Waals surface area (Å²) in [6, 6.07) is 1.90. The number of pyridine rings is 1. The number of piperidine rings is 1. The molecule has 1 aromatic heterocycles. The topological polar surface area (TPSA) is 94.6 Å². The van der Waals surface area contributed by atoms with Gasteiger partial charge in [-0.15, -0.1) is 0 Å². The number of nitrogens with zero attached hydrogens (tertiary/aromatic N) is 2. The number of halogens is 3. The minimum Gasteiger partial charge on any atom is -0.481 e. The number of carbonyl (C=O) groups is 2. The second-order valence-corrected chi connectivity index (χ2v) is 6.72. The van der Waals surface area contributed by atoms with Gasteiger partial charge in [-0.2, -0.15) is 13.2 Å². The Bertz CT molecular complexity index is 652. The predicted molar refractivity (Wildman–Crippen MR) is 92.2 cm³/mol. The Hall–Kier alpha value is -2.52. The van der Waals surface area contributed by atoms with Gasteiger partial charge in [-0.05, 0) is 30.9 Å². The summed E-state index contributed by atoms with van der Waals surface area (Å²) in [6.45, 7) is 3.40. The molecule has 0 spiro atoms. The number of rotatable bonds is 6. The van der Waals surface area contributed by atoms with Crippen molar-refractivity contribution in [2.75, 3.05) is 31.5 Å². The van der Waals surface area contributed by atoms with Crippen molar-refractivity contribution in [3.8, 4) is 0 Å². The Balaban J connectivity index is 1.69. The summed E-state index contributed by atoms with van der Waals surface area (Å²) >= 11 is 0. The van der Waals surface area contributed by atoms with Gasteiger partial charge in [0.05, 0.1) is 11.5 Å². The third-order valence-corrected chi connectivity index (χ3v) is 4.32. The van der Waals surface area contributed by atoms with Crippen LogP contribution in [-0.2, 0) is 11.0 Å². The fourth-order valence-corrected chi connectivity index (χ4v) is 2.97. The van der Waals surface area contributed by atoms with Crippen molar-refractivity contribution in [1.29, 1.82) is 0 Å². The fourth-order valence-electron chi connectivity index (χ4n) is 2.97. The molecule has 27 heavy (non-hydrogen) atoms. The van der Waals surface area contributed by atoms with Crippen molar-refractivity contribution >= 4 is 17.8 Å². The fraction of sp³-hybridized carbons (Fsp3) is 0.588. The van der Waals surface area contributed by atoms with E-state index in [0.29, 0.717) is 38.3 Å². The minimum absolute atomic E-state index is 0.123. The summed E-state index contributed by atoms with van der Waals surface area (Å²) in [5.41, 5.74) is -0.810. The van der Waals surface area contributed by atoms with Crippen LogP contribution in [0.3, 0.4) is 0 Å². The van der Waals surface area contributed by atoms with Crippen molar-refractivity contribution in [2.45, 2.75) is 25.9 Å². The molecule has 3 N–H and O–H groups in total. The predicted octanol–water partition coefficient (Wildman–Crippen LogP) is 2.65. The largest absolute Gasteiger partial charge is 0.481 e. The van der Waals surface area contributed by atoms with Crippen molar-refractivity contribution in [2.24, 2.45) is 11.8 Å². The molecular weight excluding hydrogens is 365 g/mol. The van der Waals surface area contributed by atoms with Gasteiger partial charge in [-0.3, -0.25) is 4.79 Å². The second kappa shape index (κ2) is 8.92. The van der Waals surface area contributed by atoms with Crippen LogP contribution in [0.2, 0.25) is 0 Å². The molecule has 1 fully saturated rings. The van der Waals surface area contributed by atoms with E-state index >= 15 is 0 Å². The zero-order valence-electron chi connectivity index (χ0n) is 14.9. The highest BCUT2D eigenvalue weighted by Gasteiger charge is 2.32. The molecule has 10 heteroatoms. The lowest BCUT2D eigenvalue weighted by atomic mass is 9.91. The molecule has 2 amide bonds. The number of likely N-dealkylation sites (tertiary alicyclic amines) is 1. The van der Waals surface area contributed by atoms with E-state index in [0.717, 1.165) is 12.3 Å². The molecule has 2 rings (SSSR count). The molecule has 1 aromatic rings. The first-order valence-corrected chi connectivity index (χ1v) is 8.69. The summed E-state index contributed by atoms with van der Waals surface area (Å²) in [7, 11) is 0. The number of amides is 2. The number of anilines is 1. The van der Waals surface area contributed by atoms with Crippen LogP contribution in [0.4, 0.5) is 23.8 Å². The lowest BCUT2D eigenvalue weighted by Crippen LogP contribution is -2.49. The average molecular weight is 388 g/mol. The number of alkyl halides is 3. The van der Waals surface area contributed by atoms with E-state index in [-0.39, 0.29) is 18.5 Å². The van der Waals surface area contributed by atoms with Crippen molar-refractivity contribution < 1.29 is 27.9 Å². The first-order valence-electron chi connectivity index (χ1n) is 8.69. The Morgan fingerprint density at radius 2 is 2.04 bits per heavy atom. The summed E-state index contributed by atoms with van der Waals surface area (Å²) in [4.78, 5) is 28.5. The summed E-state index contributed by atoms with van der Waals surface area (Å²) in [5.74, 6) is -0.999. The van der Waals surface area contributed by atoms with Crippen LogP contribution in [0.1, 0.15) is 25.3 Å². The van der Waals surface area contributed by atoms with Gasteiger partial charge in [-0.1, -0.05) is 6.92 Å². The standard InChI is InChI=1S/C17H23F3N4O3/c1-11-7-12(15(25)26)10-24(9-11)16(27)22-6-2-5-21-14-4-3-13(8-23-14)17(18,19)20/h3-4,8,11-12H,2,5-7,9-10H2,1H3,(H,21,23)(H,22,27)(H,25,26). The molecule has 0 aliphatic carbocycles. The quantitative estimate of drug-likeness (QED) is 0.652. The number of carboxylic acids is 1. The van der Waals surface area contributed by atoms with Gasteiger partial charge in [-0.25, -0.2) is 9.78 Å². The molecule has 0 aromatic carbocycles. The van der Waals surface area contributed by atoms with E-state index in [4.69, 9.17) is 5.11 Å². The zero-order valence-corrected chi connectivity index (χ0v) is 14.9. The first kappa shape index (κ1) is 20.8. The number of nitrogens with one attached hydrogen (secondary N) is 2. The smallest absolute Gasteiger partial charge is 0.417 e. The molecule has 7 nitrogen and oxygen atoms in total. The summed E-state index contributed by atoms with van der Waals surface area (Å²) < 4.78 is 37.4. The van der Waals surface area contributed by atoms with E-state index in [9.17, 15) is 22.8 Å². The van der Waals surface area contributed by atoms with Crippen LogP contribution in [0, 0.1) is 11.8 Å². The first-order chi connectivity index (χ1) is 12.7. The van der Waals surface area contributed by atoms with E-state index in [1.807, 2.05) is 6.92 Å². The van der Waals surface area contributed by atoms with E-state index in [2.05, 4.69) is 15.6 Å². The second-order valence-electron chi connectivity index (χ2n) is 6.72. The van der Waals surface area contributed by atoms with Crippen LogP contribution < -0.4 is 10.6 Å². The molecule has 1 saturated heterocycles. The maximum atomic E-state index is 12.5. The molecule has 1 aliphatic heterocycles. The van der Waals surface area contributed by atoms with Crippen molar-refractivity contribution in [3.05, 3.63) is 23.9 Å². The third kappa shape index (κ3) is 6.30. The lowest BCUT2D eigenvalue weighted by Gasteiger charge is -2.34. The lowest BCUT2D eigenvalue weighted by molar-refractivity contribution is -0.143. The van der Waals surface area contributed by atoms with Gasteiger partial charge in [0.15, 0.2) is 0 Å². The van der Waals surface area contributed by atoms with Crippen LogP contribution in [-0.4, -0.2) is 53.2 Å². The number of hydrogen-bond donors (Lipinski definition) is 3. The number of hydrogen-bond acceptors (Lipinski definition) is 4. The Labute approximate surface area is 154 Å². The molecule has 2 unspecified atom stereocenters. The molecular formula is C17H23F3N4O3. The molecule has 0 bridgehead atoms. The van der Waals surface area contributed by atoms with Crippen molar-refractivity contribution in [3.63, 3.8) is 0 Å². The molecule has 1 aliphatic rings. The maximum absolute atomic E-state index is 12.5. The minimum atomic E-state index is -4.42. The number of aliphatic carboxylic acids is 1. The van der Waals surface area contributed by atoms with Crippen LogP contribution >= 0.6 is 0 Å². The molecule has 150 valence electrons. The number of carboxylic acid groups (broad SMARTS) is 1. The summed E-state index contributed by atoms with van der Waals surface area (Å²) in [5, 5.41) is 14.8. The Kier molecular flexibility index (Phi) is 6.86. The number of carbonyl (C=O) groups excluding carboxylic acids is 1.